The molecule has 1 aromatic rings. The van der Waals surface area contributed by atoms with Crippen LogP contribution >= 0.6 is 0 Å². The smallest absolute Gasteiger partial charge is 0.325 e. The molecule has 0 aromatic heterocycles. The van der Waals surface area contributed by atoms with Crippen LogP contribution in [0.15, 0.2) is 24.3 Å². The summed E-state index contributed by atoms with van der Waals surface area (Å²) in [5.74, 6) is -0.311. The van der Waals surface area contributed by atoms with Crippen LogP contribution in [0.4, 0.5) is 4.79 Å². The zero-order chi connectivity index (χ0) is 16.3. The lowest BCUT2D eigenvalue weighted by Crippen LogP contribution is -2.41. The largest absolute Gasteiger partial charge is 0.377 e. The van der Waals surface area contributed by atoms with Crippen LogP contribution in [0.2, 0.25) is 0 Å². The fourth-order valence-electron chi connectivity index (χ4n) is 2.35. The Labute approximate surface area is 129 Å². The summed E-state index contributed by atoms with van der Waals surface area (Å²) in [6.45, 7) is 5.98. The Morgan fingerprint density at radius 1 is 1.32 bits per heavy atom. The van der Waals surface area contributed by atoms with Crippen LogP contribution in [0, 0.1) is 11.3 Å². The SMILES string of the molecule is CC(C)OCCN1C(=O)N[C@](C)(c2ccc(C#N)cc2)C1=O. The topological polar surface area (TPSA) is 82.4 Å². The van der Waals surface area contributed by atoms with Crippen LogP contribution in [-0.4, -0.2) is 36.1 Å². The molecule has 0 bridgehead atoms. The summed E-state index contributed by atoms with van der Waals surface area (Å²) in [5, 5.41) is 11.5. The zero-order valence-electron chi connectivity index (χ0n) is 12.9. The summed E-state index contributed by atoms with van der Waals surface area (Å²) in [5.41, 5.74) is 0.0477. The molecule has 0 saturated carbocycles. The lowest BCUT2D eigenvalue weighted by atomic mass is 9.91. The van der Waals surface area contributed by atoms with Gasteiger partial charge in [-0.05, 0) is 38.5 Å². The summed E-state index contributed by atoms with van der Waals surface area (Å²) < 4.78 is 5.39. The molecule has 22 heavy (non-hydrogen) atoms. The first-order valence-electron chi connectivity index (χ1n) is 7.15. The van der Waals surface area contributed by atoms with Gasteiger partial charge < -0.3 is 10.1 Å². The Morgan fingerprint density at radius 3 is 2.50 bits per heavy atom. The predicted octanol–water partition coefficient (Wildman–Crippen LogP) is 1.75. The van der Waals surface area contributed by atoms with E-state index >= 15 is 0 Å². The van der Waals surface area contributed by atoms with E-state index in [9.17, 15) is 9.59 Å². The normalized spacial score (nSPS) is 21.1. The quantitative estimate of drug-likeness (QED) is 0.840. The highest BCUT2D eigenvalue weighted by molar-refractivity contribution is 6.07. The monoisotopic (exact) mass is 301 g/mol. The first-order valence-corrected chi connectivity index (χ1v) is 7.15. The van der Waals surface area contributed by atoms with Crippen molar-refractivity contribution in [2.75, 3.05) is 13.2 Å². The van der Waals surface area contributed by atoms with E-state index in [0.717, 1.165) is 0 Å². The molecule has 0 spiro atoms. The summed E-state index contributed by atoms with van der Waals surface area (Å²) in [7, 11) is 0. The Balaban J connectivity index is 2.16. The number of nitrogens with one attached hydrogen (secondary N) is 1. The minimum atomic E-state index is -1.11. The van der Waals surface area contributed by atoms with E-state index in [4.69, 9.17) is 10.00 Å². The minimum absolute atomic E-state index is 0.0469. The maximum atomic E-state index is 12.6. The number of nitrogens with zero attached hydrogens (tertiary/aromatic N) is 2. The van der Waals surface area contributed by atoms with Gasteiger partial charge in [0.1, 0.15) is 5.54 Å². The molecular weight excluding hydrogens is 282 g/mol. The van der Waals surface area contributed by atoms with Gasteiger partial charge in [0.05, 0.1) is 30.9 Å². The fraction of sp³-hybridized carbons (Fsp3) is 0.438. The maximum absolute atomic E-state index is 12.6. The van der Waals surface area contributed by atoms with Gasteiger partial charge in [0.15, 0.2) is 0 Å². The first-order chi connectivity index (χ1) is 10.4. The van der Waals surface area contributed by atoms with E-state index in [0.29, 0.717) is 17.7 Å². The van der Waals surface area contributed by atoms with Gasteiger partial charge in [0.25, 0.3) is 5.91 Å². The standard InChI is InChI=1S/C16H19N3O3/c1-11(2)22-9-8-19-14(20)16(3,18-15(19)21)13-6-4-12(10-17)5-7-13/h4-7,11H,8-9H2,1-3H3,(H,18,21)/t16-/m1/s1. The van der Waals surface area contributed by atoms with E-state index < -0.39 is 11.6 Å². The molecule has 2 rings (SSSR count). The molecule has 0 unspecified atom stereocenters. The first kappa shape index (κ1) is 16.0. The molecular formula is C16H19N3O3. The number of benzene rings is 1. The van der Waals surface area contributed by atoms with E-state index in [-0.39, 0.29) is 18.6 Å². The number of hydrogen-bond donors (Lipinski definition) is 1. The van der Waals surface area contributed by atoms with Crippen molar-refractivity contribution in [3.05, 3.63) is 35.4 Å². The molecule has 0 radical (unpaired) electrons. The number of rotatable bonds is 5. The van der Waals surface area contributed by atoms with Crippen molar-refractivity contribution in [1.82, 2.24) is 10.2 Å². The highest BCUT2D eigenvalue weighted by Gasteiger charge is 2.48. The molecule has 6 heteroatoms. The van der Waals surface area contributed by atoms with Crippen LogP contribution < -0.4 is 5.32 Å². The number of amides is 3. The van der Waals surface area contributed by atoms with Crippen molar-refractivity contribution in [3.63, 3.8) is 0 Å². The van der Waals surface area contributed by atoms with Gasteiger partial charge in [0, 0.05) is 0 Å². The number of carbonyl (C=O) groups is 2. The van der Waals surface area contributed by atoms with Gasteiger partial charge in [-0.1, -0.05) is 12.1 Å². The number of hydrogen-bond acceptors (Lipinski definition) is 4. The predicted molar refractivity (Wildman–Crippen MR) is 79.8 cm³/mol. The molecule has 1 aliphatic rings. The second-order valence-electron chi connectivity index (χ2n) is 5.62. The van der Waals surface area contributed by atoms with E-state index in [1.54, 1.807) is 31.2 Å². The van der Waals surface area contributed by atoms with E-state index in [1.807, 2.05) is 19.9 Å². The molecule has 0 aliphatic carbocycles. The Kier molecular flexibility index (Phi) is 4.48. The Hall–Kier alpha value is -2.39. The minimum Gasteiger partial charge on any atom is -0.377 e. The lowest BCUT2D eigenvalue weighted by molar-refractivity contribution is -0.131. The van der Waals surface area contributed by atoms with Crippen molar-refractivity contribution < 1.29 is 14.3 Å². The van der Waals surface area contributed by atoms with Gasteiger partial charge in [-0.25, -0.2) is 4.79 Å². The summed E-state index contributed by atoms with van der Waals surface area (Å²) in [6, 6.07) is 8.23. The average Bonchev–Trinajstić information content (AvgIpc) is 2.71. The number of imide groups is 1. The molecule has 116 valence electrons. The Bertz CT molecular complexity index is 619. The maximum Gasteiger partial charge on any atom is 0.325 e. The molecule has 1 atom stereocenters. The van der Waals surface area contributed by atoms with Crippen molar-refractivity contribution in [2.24, 2.45) is 0 Å². The van der Waals surface area contributed by atoms with Gasteiger partial charge in [-0.2, -0.15) is 5.26 Å². The van der Waals surface area contributed by atoms with Crippen molar-refractivity contribution in [3.8, 4) is 6.07 Å². The average molecular weight is 301 g/mol. The molecule has 1 aliphatic heterocycles. The van der Waals surface area contributed by atoms with Crippen LogP contribution in [-0.2, 0) is 15.1 Å². The van der Waals surface area contributed by atoms with E-state index in [2.05, 4.69) is 5.32 Å². The third-order valence-electron chi connectivity index (χ3n) is 3.63. The summed E-state index contributed by atoms with van der Waals surface area (Å²) >= 11 is 0. The van der Waals surface area contributed by atoms with Crippen LogP contribution in [0.1, 0.15) is 31.9 Å². The number of ether oxygens (including phenoxy) is 1. The number of nitriles is 1. The van der Waals surface area contributed by atoms with Crippen LogP contribution in [0.25, 0.3) is 0 Å². The van der Waals surface area contributed by atoms with Gasteiger partial charge in [-0.3, -0.25) is 9.69 Å². The van der Waals surface area contributed by atoms with Crippen molar-refractivity contribution in [1.29, 1.82) is 5.26 Å². The Morgan fingerprint density at radius 2 is 1.95 bits per heavy atom. The number of urea groups is 1. The second kappa shape index (κ2) is 6.16. The summed E-state index contributed by atoms with van der Waals surface area (Å²) in [6.07, 6.45) is 0.0469. The van der Waals surface area contributed by atoms with Gasteiger partial charge in [0.2, 0.25) is 0 Å². The molecule has 1 fully saturated rings. The zero-order valence-corrected chi connectivity index (χ0v) is 12.9. The molecule has 1 saturated heterocycles. The van der Waals surface area contributed by atoms with Crippen molar-refractivity contribution in [2.45, 2.75) is 32.4 Å². The third-order valence-corrected chi connectivity index (χ3v) is 3.63. The highest BCUT2D eigenvalue weighted by atomic mass is 16.5. The molecule has 1 aromatic carbocycles. The molecule has 6 nitrogen and oxygen atoms in total. The third kappa shape index (κ3) is 2.95. The molecule has 1 heterocycles. The molecule has 1 N–H and O–H groups in total. The second-order valence-corrected chi connectivity index (χ2v) is 5.62. The van der Waals surface area contributed by atoms with Crippen molar-refractivity contribution >= 4 is 11.9 Å². The van der Waals surface area contributed by atoms with Gasteiger partial charge in [-0.15, -0.1) is 0 Å². The summed E-state index contributed by atoms with van der Waals surface area (Å²) in [4.78, 5) is 25.8. The molecule has 3 amide bonds. The lowest BCUT2D eigenvalue weighted by Gasteiger charge is -2.22. The fourth-order valence-corrected chi connectivity index (χ4v) is 2.35. The van der Waals surface area contributed by atoms with Crippen LogP contribution in [0.5, 0.6) is 0 Å². The van der Waals surface area contributed by atoms with Gasteiger partial charge >= 0.3 is 6.03 Å². The number of carbonyl (C=O) groups excluding carboxylic acids is 2. The van der Waals surface area contributed by atoms with E-state index in [1.165, 1.54) is 4.90 Å². The highest BCUT2D eigenvalue weighted by Crippen LogP contribution is 2.28. The van der Waals surface area contributed by atoms with Crippen LogP contribution in [0.3, 0.4) is 0 Å².